The summed E-state index contributed by atoms with van der Waals surface area (Å²) in [5.41, 5.74) is 7.81. The van der Waals surface area contributed by atoms with E-state index in [9.17, 15) is 5.11 Å². The molecule has 1 aliphatic heterocycles. The van der Waals surface area contributed by atoms with Gasteiger partial charge < -0.3 is 15.0 Å². The molecular formula is C27H28N4O. The van der Waals surface area contributed by atoms with Gasteiger partial charge in [-0.05, 0) is 61.3 Å². The topological polar surface area (TPSA) is 65.0 Å². The fourth-order valence-electron chi connectivity index (χ4n) is 5.68. The molecule has 5 heteroatoms. The minimum absolute atomic E-state index is 0.108. The summed E-state index contributed by atoms with van der Waals surface area (Å²) >= 11 is 0. The van der Waals surface area contributed by atoms with Crippen LogP contribution in [-0.2, 0) is 19.4 Å². The highest BCUT2D eigenvalue weighted by Crippen LogP contribution is 2.45. The van der Waals surface area contributed by atoms with Gasteiger partial charge >= 0.3 is 0 Å². The first-order chi connectivity index (χ1) is 15.6. The molecule has 0 amide bonds. The molecule has 1 fully saturated rings. The summed E-state index contributed by atoms with van der Waals surface area (Å²) in [5, 5.41) is 11.3. The van der Waals surface area contributed by atoms with Crippen molar-refractivity contribution in [1.82, 2.24) is 15.0 Å². The van der Waals surface area contributed by atoms with Crippen LogP contribution in [0.3, 0.4) is 0 Å². The summed E-state index contributed by atoms with van der Waals surface area (Å²) in [6.45, 7) is 3.82. The molecule has 1 saturated heterocycles. The summed E-state index contributed by atoms with van der Waals surface area (Å²) < 4.78 is 0. The van der Waals surface area contributed by atoms with Gasteiger partial charge in [0.15, 0.2) is 5.82 Å². The normalized spacial score (nSPS) is 17.2. The standard InChI is InChI=1S/C27H28N4O/c1-18-25(23-14-19-6-4-5-9-22(19)29-23)30-24(17-32)26(28-18)31-12-10-27(11-13-31)15-20-7-2-3-8-21(20)16-27/h2-9,14,29,32H,10-13,15-17H2,1H3. The molecule has 2 aromatic heterocycles. The van der Waals surface area contributed by atoms with Crippen LogP contribution >= 0.6 is 0 Å². The van der Waals surface area contributed by atoms with Crippen LogP contribution < -0.4 is 4.90 Å². The lowest BCUT2D eigenvalue weighted by molar-refractivity contribution is 0.231. The van der Waals surface area contributed by atoms with Crippen molar-refractivity contribution in [1.29, 1.82) is 0 Å². The lowest BCUT2D eigenvalue weighted by Crippen LogP contribution is -2.41. The van der Waals surface area contributed by atoms with Crippen LogP contribution in [0.25, 0.3) is 22.3 Å². The number of nitrogens with zero attached hydrogens (tertiary/aromatic N) is 3. The van der Waals surface area contributed by atoms with Gasteiger partial charge in [-0.2, -0.15) is 0 Å². The summed E-state index contributed by atoms with van der Waals surface area (Å²) in [6.07, 6.45) is 4.68. The predicted octanol–water partition coefficient (Wildman–Crippen LogP) is 4.81. The molecule has 162 valence electrons. The number of aliphatic hydroxyl groups is 1. The van der Waals surface area contributed by atoms with Crippen molar-refractivity contribution in [3.63, 3.8) is 0 Å². The number of anilines is 1. The van der Waals surface area contributed by atoms with Gasteiger partial charge in [-0.15, -0.1) is 0 Å². The first-order valence-corrected chi connectivity index (χ1v) is 11.5. The van der Waals surface area contributed by atoms with Crippen LogP contribution in [0.5, 0.6) is 0 Å². The third kappa shape index (κ3) is 3.19. The first kappa shape index (κ1) is 19.5. The Morgan fingerprint density at radius 1 is 0.969 bits per heavy atom. The minimum atomic E-state index is -0.108. The van der Waals surface area contributed by atoms with E-state index in [1.807, 2.05) is 19.1 Å². The Morgan fingerprint density at radius 3 is 2.34 bits per heavy atom. The molecule has 1 spiro atoms. The maximum atomic E-state index is 10.1. The Bertz CT molecular complexity index is 1240. The Hall–Kier alpha value is -3.18. The molecule has 3 heterocycles. The Labute approximate surface area is 188 Å². The molecule has 6 rings (SSSR count). The van der Waals surface area contributed by atoms with Gasteiger partial charge in [-0.25, -0.2) is 9.97 Å². The zero-order valence-corrected chi connectivity index (χ0v) is 18.4. The highest BCUT2D eigenvalue weighted by atomic mass is 16.3. The fraction of sp³-hybridized carbons (Fsp3) is 0.333. The van der Waals surface area contributed by atoms with E-state index in [-0.39, 0.29) is 6.61 Å². The van der Waals surface area contributed by atoms with Gasteiger partial charge in [-0.3, -0.25) is 0 Å². The second-order valence-electron chi connectivity index (χ2n) is 9.47. The van der Waals surface area contributed by atoms with Crippen molar-refractivity contribution in [3.8, 4) is 11.4 Å². The second kappa shape index (κ2) is 7.45. The third-order valence-electron chi connectivity index (χ3n) is 7.43. The summed E-state index contributed by atoms with van der Waals surface area (Å²) in [4.78, 5) is 15.6. The monoisotopic (exact) mass is 424 g/mol. The minimum Gasteiger partial charge on any atom is -0.390 e. The van der Waals surface area contributed by atoms with Crippen LogP contribution in [0.4, 0.5) is 5.82 Å². The van der Waals surface area contributed by atoms with Crippen molar-refractivity contribution in [2.45, 2.75) is 39.2 Å². The molecule has 2 aliphatic rings. The number of nitrogens with one attached hydrogen (secondary N) is 1. The van der Waals surface area contributed by atoms with Crippen LogP contribution in [0.15, 0.2) is 54.6 Å². The molecule has 0 atom stereocenters. The second-order valence-corrected chi connectivity index (χ2v) is 9.47. The third-order valence-corrected chi connectivity index (χ3v) is 7.43. The Morgan fingerprint density at radius 2 is 1.66 bits per heavy atom. The summed E-state index contributed by atoms with van der Waals surface area (Å²) in [6, 6.07) is 19.2. The molecule has 0 bridgehead atoms. The van der Waals surface area contributed by atoms with E-state index < -0.39 is 0 Å². The molecule has 2 aromatic carbocycles. The van der Waals surface area contributed by atoms with E-state index in [0.717, 1.165) is 59.7 Å². The average molecular weight is 425 g/mol. The van der Waals surface area contributed by atoms with Gasteiger partial charge in [0.2, 0.25) is 0 Å². The summed E-state index contributed by atoms with van der Waals surface area (Å²) in [7, 11) is 0. The number of aliphatic hydroxyl groups excluding tert-OH is 1. The SMILES string of the molecule is Cc1nc(N2CCC3(CC2)Cc2ccccc2C3)c(CO)nc1-c1cc2ccccc2[nH]1. The Kier molecular flexibility index (Phi) is 4.54. The number of H-pyrrole nitrogens is 1. The Balaban J connectivity index is 1.27. The zero-order valence-electron chi connectivity index (χ0n) is 18.4. The van der Waals surface area contributed by atoms with Crippen LogP contribution in [0.2, 0.25) is 0 Å². The summed E-state index contributed by atoms with van der Waals surface area (Å²) in [5.74, 6) is 0.843. The first-order valence-electron chi connectivity index (χ1n) is 11.5. The number of aromatic nitrogens is 3. The molecule has 32 heavy (non-hydrogen) atoms. The number of aromatic amines is 1. The number of piperidine rings is 1. The number of hydrogen-bond donors (Lipinski definition) is 2. The van der Waals surface area contributed by atoms with Crippen LogP contribution in [0, 0.1) is 12.3 Å². The molecule has 4 aromatic rings. The van der Waals surface area contributed by atoms with Crippen LogP contribution in [0.1, 0.15) is 35.4 Å². The van der Waals surface area contributed by atoms with E-state index in [4.69, 9.17) is 9.97 Å². The highest BCUT2D eigenvalue weighted by molar-refractivity contribution is 5.85. The van der Waals surface area contributed by atoms with E-state index in [1.165, 1.54) is 24.0 Å². The van der Waals surface area contributed by atoms with Gasteiger partial charge in [-0.1, -0.05) is 42.5 Å². The van der Waals surface area contributed by atoms with Gasteiger partial charge in [0.05, 0.1) is 18.0 Å². The number of para-hydroxylation sites is 1. The molecular weight excluding hydrogens is 396 g/mol. The van der Waals surface area contributed by atoms with Gasteiger partial charge in [0, 0.05) is 24.0 Å². The smallest absolute Gasteiger partial charge is 0.153 e. The molecule has 0 saturated carbocycles. The molecule has 2 N–H and O–H groups in total. The van der Waals surface area contributed by atoms with Crippen molar-refractivity contribution in [2.24, 2.45) is 5.41 Å². The van der Waals surface area contributed by atoms with Gasteiger partial charge in [0.25, 0.3) is 0 Å². The van der Waals surface area contributed by atoms with E-state index in [0.29, 0.717) is 11.1 Å². The maximum Gasteiger partial charge on any atom is 0.153 e. The molecule has 1 aliphatic carbocycles. The van der Waals surface area contributed by atoms with E-state index >= 15 is 0 Å². The van der Waals surface area contributed by atoms with Gasteiger partial charge in [0.1, 0.15) is 11.4 Å². The largest absolute Gasteiger partial charge is 0.390 e. The number of rotatable bonds is 3. The highest BCUT2D eigenvalue weighted by Gasteiger charge is 2.40. The fourth-order valence-corrected chi connectivity index (χ4v) is 5.68. The molecule has 0 unspecified atom stereocenters. The quantitative estimate of drug-likeness (QED) is 0.495. The van der Waals surface area contributed by atoms with Crippen molar-refractivity contribution in [2.75, 3.05) is 18.0 Å². The molecule has 5 nitrogen and oxygen atoms in total. The van der Waals surface area contributed by atoms with Crippen LogP contribution in [-0.4, -0.2) is 33.1 Å². The molecule has 0 radical (unpaired) electrons. The zero-order chi connectivity index (χ0) is 21.7. The number of hydrogen-bond acceptors (Lipinski definition) is 4. The van der Waals surface area contributed by atoms with Crippen molar-refractivity contribution >= 4 is 16.7 Å². The number of fused-ring (bicyclic) bond motifs is 2. The maximum absolute atomic E-state index is 10.1. The lowest BCUT2D eigenvalue weighted by atomic mass is 9.76. The van der Waals surface area contributed by atoms with E-state index in [2.05, 4.69) is 52.3 Å². The van der Waals surface area contributed by atoms with Crippen molar-refractivity contribution in [3.05, 3.63) is 77.1 Å². The average Bonchev–Trinajstić information content (AvgIpc) is 3.40. The number of benzene rings is 2. The predicted molar refractivity (Wildman–Crippen MR) is 128 cm³/mol. The number of aryl methyl sites for hydroxylation is 1. The van der Waals surface area contributed by atoms with E-state index in [1.54, 1.807) is 0 Å². The lowest BCUT2D eigenvalue weighted by Gasteiger charge is -2.40. The van der Waals surface area contributed by atoms with Crippen molar-refractivity contribution < 1.29 is 5.11 Å².